The molecule has 0 bridgehead atoms. The second-order valence-corrected chi connectivity index (χ2v) is 4.70. The van der Waals surface area contributed by atoms with E-state index >= 15 is 0 Å². The summed E-state index contributed by atoms with van der Waals surface area (Å²) in [6.45, 7) is 0. The molecule has 2 N–H and O–H groups in total. The van der Waals surface area contributed by atoms with Crippen LogP contribution in [-0.2, 0) is 6.42 Å². The minimum absolute atomic E-state index is 0.126. The number of halogens is 2. The Kier molecular flexibility index (Phi) is 2.63. The van der Waals surface area contributed by atoms with Crippen LogP contribution in [0.1, 0.15) is 28.7 Å². The molecular formula is C15H13F2N. The van der Waals surface area contributed by atoms with Crippen molar-refractivity contribution in [1.29, 1.82) is 0 Å². The number of rotatable bonds is 2. The normalized spacial score (nSPS) is 18.9. The first-order chi connectivity index (χ1) is 8.66. The first kappa shape index (κ1) is 11.4. The van der Waals surface area contributed by atoms with Crippen LogP contribution in [0.4, 0.5) is 8.78 Å². The molecule has 0 fully saturated rings. The standard InChI is InChI=1S/C15H13F2N/c16-10-5-6-12(14(17)8-10)15(18)13-7-9-3-1-2-4-11(9)13/h1-6,8,13,15H,7,18H2. The molecular weight excluding hydrogens is 232 g/mol. The van der Waals surface area contributed by atoms with E-state index in [-0.39, 0.29) is 5.92 Å². The summed E-state index contributed by atoms with van der Waals surface area (Å²) in [6.07, 6.45) is 0.855. The van der Waals surface area contributed by atoms with E-state index in [4.69, 9.17) is 5.73 Å². The molecule has 0 heterocycles. The summed E-state index contributed by atoms with van der Waals surface area (Å²) in [5.74, 6) is -1.01. The highest BCUT2D eigenvalue weighted by Gasteiger charge is 2.32. The van der Waals surface area contributed by atoms with Crippen LogP contribution in [0.5, 0.6) is 0 Å². The number of nitrogens with two attached hydrogens (primary N) is 1. The van der Waals surface area contributed by atoms with Crippen LogP contribution in [0.15, 0.2) is 42.5 Å². The van der Waals surface area contributed by atoms with E-state index in [1.165, 1.54) is 23.3 Å². The van der Waals surface area contributed by atoms with Crippen LogP contribution in [0.2, 0.25) is 0 Å². The van der Waals surface area contributed by atoms with Crippen LogP contribution in [0.3, 0.4) is 0 Å². The van der Waals surface area contributed by atoms with Crippen LogP contribution in [0, 0.1) is 11.6 Å². The topological polar surface area (TPSA) is 26.0 Å². The second kappa shape index (κ2) is 4.18. The monoisotopic (exact) mass is 245 g/mol. The molecule has 3 heteroatoms. The fourth-order valence-electron chi connectivity index (χ4n) is 2.61. The SMILES string of the molecule is NC(c1ccc(F)cc1F)C1Cc2ccccc21. The highest BCUT2D eigenvalue weighted by Crippen LogP contribution is 2.42. The summed E-state index contributed by atoms with van der Waals surface area (Å²) in [6, 6.07) is 11.2. The molecule has 1 nitrogen and oxygen atoms in total. The summed E-state index contributed by atoms with van der Waals surface area (Å²) in [4.78, 5) is 0. The van der Waals surface area contributed by atoms with Gasteiger partial charge >= 0.3 is 0 Å². The van der Waals surface area contributed by atoms with Gasteiger partial charge in [-0.3, -0.25) is 0 Å². The number of benzene rings is 2. The molecule has 0 saturated heterocycles. The Morgan fingerprint density at radius 2 is 1.89 bits per heavy atom. The lowest BCUT2D eigenvalue weighted by atomic mass is 9.72. The van der Waals surface area contributed by atoms with Crippen molar-refractivity contribution in [2.75, 3.05) is 0 Å². The summed E-state index contributed by atoms with van der Waals surface area (Å²) >= 11 is 0. The van der Waals surface area contributed by atoms with Gasteiger partial charge in [-0.2, -0.15) is 0 Å². The molecule has 2 aromatic carbocycles. The molecule has 0 aliphatic heterocycles. The maximum atomic E-state index is 13.7. The molecule has 1 aliphatic rings. The Balaban J connectivity index is 1.91. The van der Waals surface area contributed by atoms with Gasteiger partial charge < -0.3 is 5.73 Å². The fourth-order valence-corrected chi connectivity index (χ4v) is 2.61. The van der Waals surface area contributed by atoms with Gasteiger partial charge in [-0.05, 0) is 23.6 Å². The Labute approximate surface area is 104 Å². The average molecular weight is 245 g/mol. The Morgan fingerprint density at radius 1 is 1.11 bits per heavy atom. The van der Waals surface area contributed by atoms with E-state index in [2.05, 4.69) is 6.07 Å². The third-order valence-corrected chi connectivity index (χ3v) is 3.65. The van der Waals surface area contributed by atoms with Crippen molar-refractivity contribution < 1.29 is 8.78 Å². The predicted octanol–water partition coefficient (Wildman–Crippen LogP) is 3.30. The van der Waals surface area contributed by atoms with Gasteiger partial charge in [0, 0.05) is 23.6 Å². The van der Waals surface area contributed by atoms with Gasteiger partial charge in [0.1, 0.15) is 11.6 Å². The molecule has 0 aromatic heterocycles. The van der Waals surface area contributed by atoms with Gasteiger partial charge in [0.2, 0.25) is 0 Å². The molecule has 2 aromatic rings. The summed E-state index contributed by atoms with van der Waals surface area (Å²) in [5, 5.41) is 0. The van der Waals surface area contributed by atoms with Crippen LogP contribution < -0.4 is 5.73 Å². The lowest BCUT2D eigenvalue weighted by molar-refractivity contribution is 0.473. The second-order valence-electron chi connectivity index (χ2n) is 4.70. The third kappa shape index (κ3) is 1.71. The first-order valence-corrected chi connectivity index (χ1v) is 5.95. The number of hydrogen-bond donors (Lipinski definition) is 1. The van der Waals surface area contributed by atoms with Crippen LogP contribution in [0.25, 0.3) is 0 Å². The lowest BCUT2D eigenvalue weighted by Gasteiger charge is -2.35. The Bertz CT molecular complexity index is 595. The molecule has 0 saturated carbocycles. The van der Waals surface area contributed by atoms with Gasteiger partial charge in [0.05, 0.1) is 0 Å². The van der Waals surface area contributed by atoms with Gasteiger partial charge in [0.15, 0.2) is 0 Å². The smallest absolute Gasteiger partial charge is 0.130 e. The van der Waals surface area contributed by atoms with E-state index in [1.54, 1.807) is 0 Å². The predicted molar refractivity (Wildman–Crippen MR) is 66.2 cm³/mol. The Morgan fingerprint density at radius 3 is 2.61 bits per heavy atom. The number of hydrogen-bond acceptors (Lipinski definition) is 1. The van der Waals surface area contributed by atoms with Crippen molar-refractivity contribution in [3.63, 3.8) is 0 Å². The van der Waals surface area contributed by atoms with E-state index in [9.17, 15) is 8.78 Å². The van der Waals surface area contributed by atoms with Gasteiger partial charge in [-0.15, -0.1) is 0 Å². The van der Waals surface area contributed by atoms with Crippen molar-refractivity contribution in [2.24, 2.45) is 5.73 Å². The lowest BCUT2D eigenvalue weighted by Crippen LogP contribution is -2.29. The quantitative estimate of drug-likeness (QED) is 0.863. The van der Waals surface area contributed by atoms with E-state index < -0.39 is 17.7 Å². The first-order valence-electron chi connectivity index (χ1n) is 5.95. The van der Waals surface area contributed by atoms with Crippen molar-refractivity contribution in [3.8, 4) is 0 Å². The summed E-state index contributed by atoms with van der Waals surface area (Å²) in [5.41, 5.74) is 8.93. The van der Waals surface area contributed by atoms with Crippen molar-refractivity contribution in [2.45, 2.75) is 18.4 Å². The summed E-state index contributed by atoms with van der Waals surface area (Å²) in [7, 11) is 0. The highest BCUT2D eigenvalue weighted by molar-refractivity contribution is 5.43. The van der Waals surface area contributed by atoms with Gasteiger partial charge in [0.25, 0.3) is 0 Å². The molecule has 0 amide bonds. The van der Waals surface area contributed by atoms with E-state index in [0.717, 1.165) is 12.5 Å². The molecule has 92 valence electrons. The molecule has 0 spiro atoms. The van der Waals surface area contributed by atoms with Crippen molar-refractivity contribution >= 4 is 0 Å². The van der Waals surface area contributed by atoms with Crippen molar-refractivity contribution in [3.05, 3.63) is 70.8 Å². The molecule has 1 aliphatic carbocycles. The fraction of sp³-hybridized carbons (Fsp3) is 0.200. The summed E-state index contributed by atoms with van der Waals surface area (Å²) < 4.78 is 26.5. The highest BCUT2D eigenvalue weighted by atomic mass is 19.1. The van der Waals surface area contributed by atoms with E-state index in [0.29, 0.717) is 5.56 Å². The average Bonchev–Trinajstić information content (AvgIpc) is 2.30. The van der Waals surface area contributed by atoms with E-state index in [1.807, 2.05) is 18.2 Å². The minimum atomic E-state index is -0.572. The van der Waals surface area contributed by atoms with Gasteiger partial charge in [-0.1, -0.05) is 30.3 Å². The van der Waals surface area contributed by atoms with Crippen molar-refractivity contribution in [1.82, 2.24) is 0 Å². The largest absolute Gasteiger partial charge is 0.323 e. The zero-order chi connectivity index (χ0) is 12.7. The maximum absolute atomic E-state index is 13.7. The zero-order valence-electron chi connectivity index (χ0n) is 9.74. The molecule has 0 radical (unpaired) electrons. The minimum Gasteiger partial charge on any atom is -0.323 e. The maximum Gasteiger partial charge on any atom is 0.130 e. The molecule has 2 atom stereocenters. The molecule has 2 unspecified atom stereocenters. The third-order valence-electron chi connectivity index (χ3n) is 3.65. The molecule has 3 rings (SSSR count). The zero-order valence-corrected chi connectivity index (χ0v) is 9.74. The van der Waals surface area contributed by atoms with Gasteiger partial charge in [-0.25, -0.2) is 8.78 Å². The Hall–Kier alpha value is -1.74. The van der Waals surface area contributed by atoms with Crippen LogP contribution >= 0.6 is 0 Å². The van der Waals surface area contributed by atoms with Crippen LogP contribution in [-0.4, -0.2) is 0 Å². The number of fused-ring (bicyclic) bond motifs is 1. The molecule has 18 heavy (non-hydrogen) atoms.